The van der Waals surface area contributed by atoms with E-state index < -0.39 is 0 Å². The van der Waals surface area contributed by atoms with Crippen LogP contribution in [-0.4, -0.2) is 30.4 Å². The van der Waals surface area contributed by atoms with Gasteiger partial charge in [-0.15, -0.1) is 0 Å². The van der Waals surface area contributed by atoms with Gasteiger partial charge in [0, 0.05) is 12.0 Å². The summed E-state index contributed by atoms with van der Waals surface area (Å²) in [6.45, 7) is 12.6. The molecule has 0 bridgehead atoms. The van der Waals surface area contributed by atoms with E-state index in [1.165, 1.54) is 51.7 Å². The van der Waals surface area contributed by atoms with Crippen molar-refractivity contribution in [1.82, 2.24) is 4.90 Å². The first kappa shape index (κ1) is 16.5. The average molecular weight is 267 g/mol. The highest BCUT2D eigenvalue weighted by atomic mass is 15.2. The van der Waals surface area contributed by atoms with Crippen molar-refractivity contribution in [2.24, 2.45) is 16.6 Å². The van der Waals surface area contributed by atoms with Crippen molar-refractivity contribution in [3.63, 3.8) is 0 Å². The summed E-state index contributed by atoms with van der Waals surface area (Å²) in [4.78, 5) is 2.63. The Kier molecular flexibility index (Phi) is 5.84. The highest BCUT2D eigenvalue weighted by Gasteiger charge is 2.34. The maximum Gasteiger partial charge on any atom is 0.0963 e. The molecule has 1 aliphatic rings. The highest BCUT2D eigenvalue weighted by molar-refractivity contribution is 5.82. The summed E-state index contributed by atoms with van der Waals surface area (Å²) in [5, 5.41) is 7.57. The molecule has 0 amide bonds. The molecule has 0 unspecified atom stereocenters. The third-order valence-electron chi connectivity index (χ3n) is 5.27. The van der Waals surface area contributed by atoms with Crippen LogP contribution in [0.4, 0.5) is 0 Å². The molecular formula is C16H33N3. The molecule has 0 spiro atoms. The first-order chi connectivity index (χ1) is 8.85. The second-order valence-electron chi connectivity index (χ2n) is 6.99. The highest BCUT2D eigenvalue weighted by Crippen LogP contribution is 2.37. The topological polar surface area (TPSA) is 53.1 Å². The number of nitrogens with two attached hydrogens (primary N) is 1. The largest absolute Gasteiger partial charge is 0.387 e. The van der Waals surface area contributed by atoms with E-state index in [1.54, 1.807) is 0 Å². The van der Waals surface area contributed by atoms with Crippen LogP contribution >= 0.6 is 0 Å². The molecule has 0 aromatic rings. The molecule has 0 aliphatic carbocycles. The molecule has 0 radical (unpaired) electrons. The van der Waals surface area contributed by atoms with Gasteiger partial charge in [-0.1, -0.05) is 34.1 Å². The molecule has 0 atom stereocenters. The van der Waals surface area contributed by atoms with E-state index >= 15 is 0 Å². The fourth-order valence-electron chi connectivity index (χ4n) is 3.08. The molecular weight excluding hydrogens is 234 g/mol. The van der Waals surface area contributed by atoms with Crippen LogP contribution in [0.15, 0.2) is 0 Å². The summed E-state index contributed by atoms with van der Waals surface area (Å²) in [6, 6.07) is 0. The Morgan fingerprint density at radius 2 is 1.89 bits per heavy atom. The van der Waals surface area contributed by atoms with Crippen molar-refractivity contribution in [2.45, 2.75) is 66.2 Å². The lowest BCUT2D eigenvalue weighted by atomic mass is 9.82. The average Bonchev–Trinajstić information content (AvgIpc) is 2.79. The van der Waals surface area contributed by atoms with Crippen molar-refractivity contribution in [2.75, 3.05) is 19.6 Å². The Balaban J connectivity index is 2.23. The van der Waals surface area contributed by atoms with Gasteiger partial charge in [0.05, 0.1) is 5.84 Å². The summed E-state index contributed by atoms with van der Waals surface area (Å²) >= 11 is 0. The van der Waals surface area contributed by atoms with Crippen LogP contribution in [-0.2, 0) is 0 Å². The van der Waals surface area contributed by atoms with E-state index in [0.29, 0.717) is 11.3 Å². The monoisotopic (exact) mass is 267 g/mol. The summed E-state index contributed by atoms with van der Waals surface area (Å²) in [5.41, 5.74) is 6.09. The van der Waals surface area contributed by atoms with Gasteiger partial charge in [0.2, 0.25) is 0 Å². The third kappa shape index (κ3) is 4.48. The van der Waals surface area contributed by atoms with Gasteiger partial charge in [-0.25, -0.2) is 0 Å². The van der Waals surface area contributed by atoms with Crippen LogP contribution in [0.5, 0.6) is 0 Å². The summed E-state index contributed by atoms with van der Waals surface area (Å²) in [6.07, 6.45) is 7.45. The van der Waals surface area contributed by atoms with Crippen molar-refractivity contribution in [1.29, 1.82) is 5.41 Å². The van der Waals surface area contributed by atoms with Crippen molar-refractivity contribution < 1.29 is 0 Å². The molecule has 1 aliphatic heterocycles. The predicted molar refractivity (Wildman–Crippen MR) is 83.6 cm³/mol. The van der Waals surface area contributed by atoms with Gasteiger partial charge < -0.3 is 10.6 Å². The molecule has 0 saturated carbocycles. The second kappa shape index (κ2) is 6.74. The van der Waals surface area contributed by atoms with E-state index in [9.17, 15) is 0 Å². The number of likely N-dealkylation sites (tertiary alicyclic amines) is 1. The molecule has 1 saturated heterocycles. The lowest BCUT2D eigenvalue weighted by Crippen LogP contribution is -2.31. The maximum absolute atomic E-state index is 7.57. The second-order valence-corrected chi connectivity index (χ2v) is 6.99. The smallest absolute Gasteiger partial charge is 0.0963 e. The van der Waals surface area contributed by atoms with Gasteiger partial charge in [-0.3, -0.25) is 5.41 Å². The molecule has 19 heavy (non-hydrogen) atoms. The number of amidine groups is 1. The first-order valence-electron chi connectivity index (χ1n) is 7.92. The van der Waals surface area contributed by atoms with Gasteiger partial charge in [-0.05, 0) is 50.6 Å². The molecule has 3 nitrogen and oxygen atoms in total. The van der Waals surface area contributed by atoms with Gasteiger partial charge in [0.15, 0.2) is 0 Å². The summed E-state index contributed by atoms with van der Waals surface area (Å²) in [7, 11) is 0. The van der Waals surface area contributed by atoms with Gasteiger partial charge >= 0.3 is 0 Å². The fraction of sp³-hybridized carbons (Fsp3) is 0.938. The van der Waals surface area contributed by atoms with Crippen molar-refractivity contribution in [3.8, 4) is 0 Å². The maximum atomic E-state index is 7.57. The SMILES string of the molecule is CCC1(CC)CCN(CCCCC(C)(C)C(=N)N)C1. The number of rotatable bonds is 8. The number of unbranched alkanes of at least 4 members (excludes halogenated alkanes) is 1. The quantitative estimate of drug-likeness (QED) is 0.401. The fourth-order valence-corrected chi connectivity index (χ4v) is 3.08. The molecule has 112 valence electrons. The normalized spacial score (nSPS) is 19.8. The van der Waals surface area contributed by atoms with Gasteiger partial charge in [0.25, 0.3) is 0 Å². The Morgan fingerprint density at radius 1 is 1.26 bits per heavy atom. The van der Waals surface area contributed by atoms with E-state index in [2.05, 4.69) is 32.6 Å². The Hall–Kier alpha value is -0.570. The lowest BCUT2D eigenvalue weighted by molar-refractivity contribution is 0.236. The zero-order valence-corrected chi connectivity index (χ0v) is 13.4. The minimum absolute atomic E-state index is 0.123. The zero-order chi connectivity index (χ0) is 14.5. The Morgan fingerprint density at radius 3 is 2.37 bits per heavy atom. The van der Waals surface area contributed by atoms with Gasteiger partial charge in [-0.2, -0.15) is 0 Å². The standard InChI is InChI=1S/C16H33N3/c1-5-16(6-2)10-12-19(13-16)11-8-7-9-15(3,4)14(17)18/h5-13H2,1-4H3,(H3,17,18). The molecule has 0 aromatic carbocycles. The van der Waals surface area contributed by atoms with Crippen molar-refractivity contribution >= 4 is 5.84 Å². The molecule has 1 heterocycles. The molecule has 1 rings (SSSR count). The number of nitrogens with zero attached hydrogens (tertiary/aromatic N) is 1. The first-order valence-corrected chi connectivity index (χ1v) is 7.92. The van der Waals surface area contributed by atoms with Crippen LogP contribution < -0.4 is 5.73 Å². The number of hydrogen-bond donors (Lipinski definition) is 2. The summed E-state index contributed by atoms with van der Waals surface area (Å²) in [5.74, 6) is 0.324. The van der Waals surface area contributed by atoms with Crippen LogP contribution in [0, 0.1) is 16.2 Å². The number of nitrogens with one attached hydrogen (secondary N) is 1. The zero-order valence-electron chi connectivity index (χ0n) is 13.4. The van der Waals surface area contributed by atoms with E-state index in [-0.39, 0.29) is 5.41 Å². The van der Waals surface area contributed by atoms with Crippen molar-refractivity contribution in [3.05, 3.63) is 0 Å². The predicted octanol–water partition coefficient (Wildman–Crippen LogP) is 3.63. The molecule has 1 fully saturated rings. The Bertz CT molecular complexity index is 292. The molecule has 3 heteroatoms. The minimum Gasteiger partial charge on any atom is -0.387 e. The van der Waals surface area contributed by atoms with E-state index in [4.69, 9.17) is 11.1 Å². The van der Waals surface area contributed by atoms with E-state index in [1.807, 2.05) is 0 Å². The third-order valence-corrected chi connectivity index (χ3v) is 5.27. The van der Waals surface area contributed by atoms with Crippen LogP contribution in [0.25, 0.3) is 0 Å². The minimum atomic E-state index is -0.123. The number of hydrogen-bond acceptors (Lipinski definition) is 2. The lowest BCUT2D eigenvalue weighted by Gasteiger charge is -2.27. The van der Waals surface area contributed by atoms with Crippen LogP contribution in [0.2, 0.25) is 0 Å². The molecule has 3 N–H and O–H groups in total. The van der Waals surface area contributed by atoms with E-state index in [0.717, 1.165) is 6.42 Å². The van der Waals surface area contributed by atoms with Crippen LogP contribution in [0.1, 0.15) is 66.2 Å². The molecule has 0 aromatic heterocycles. The summed E-state index contributed by atoms with van der Waals surface area (Å²) < 4.78 is 0. The van der Waals surface area contributed by atoms with Crippen LogP contribution in [0.3, 0.4) is 0 Å². The Labute approximate surface area is 119 Å². The van der Waals surface area contributed by atoms with Gasteiger partial charge in [0.1, 0.15) is 0 Å².